The minimum Gasteiger partial charge on any atom is -0.508 e. The number of hydrogen-bond donors (Lipinski definition) is 2. The van der Waals surface area contributed by atoms with Gasteiger partial charge in [-0.15, -0.1) is 0 Å². The van der Waals surface area contributed by atoms with Crippen molar-refractivity contribution >= 4 is 23.2 Å². The average Bonchev–Trinajstić information content (AvgIpc) is 2.32. The standard InChI is InChI=1S/C13H9ClFNO2/c14-11-7-9(15)4-5-12(11)16-13(18)8-2-1-3-10(17)6-8/h1-7,17H,(H,16,18). The summed E-state index contributed by atoms with van der Waals surface area (Å²) in [5.74, 6) is -0.914. The monoisotopic (exact) mass is 265 g/mol. The topological polar surface area (TPSA) is 49.3 Å². The first-order valence-electron chi connectivity index (χ1n) is 5.12. The van der Waals surface area contributed by atoms with Crippen molar-refractivity contribution < 1.29 is 14.3 Å². The second-order valence-corrected chi connectivity index (χ2v) is 4.04. The van der Waals surface area contributed by atoms with Crippen LogP contribution in [0.15, 0.2) is 42.5 Å². The second kappa shape index (κ2) is 5.06. The lowest BCUT2D eigenvalue weighted by Gasteiger charge is -2.07. The third-order valence-corrected chi connectivity index (χ3v) is 2.60. The molecule has 0 heterocycles. The van der Waals surface area contributed by atoms with Crippen molar-refractivity contribution in [2.75, 3.05) is 5.32 Å². The molecule has 92 valence electrons. The van der Waals surface area contributed by atoms with Gasteiger partial charge >= 0.3 is 0 Å². The number of aromatic hydroxyl groups is 1. The highest BCUT2D eigenvalue weighted by Crippen LogP contribution is 2.23. The number of phenolic OH excluding ortho intramolecular Hbond substituents is 1. The van der Waals surface area contributed by atoms with E-state index in [1.807, 2.05) is 0 Å². The number of benzene rings is 2. The molecule has 0 saturated heterocycles. The van der Waals surface area contributed by atoms with Crippen molar-refractivity contribution in [1.29, 1.82) is 0 Å². The van der Waals surface area contributed by atoms with Gasteiger partial charge in [0.25, 0.3) is 5.91 Å². The molecule has 2 aromatic rings. The van der Waals surface area contributed by atoms with Crippen molar-refractivity contribution in [3.05, 3.63) is 58.9 Å². The fourth-order valence-corrected chi connectivity index (χ4v) is 1.65. The summed E-state index contributed by atoms with van der Waals surface area (Å²) in [6.45, 7) is 0. The van der Waals surface area contributed by atoms with Crippen LogP contribution in [0.4, 0.5) is 10.1 Å². The van der Waals surface area contributed by atoms with E-state index in [-0.39, 0.29) is 16.3 Å². The predicted octanol–water partition coefficient (Wildman–Crippen LogP) is 3.44. The third-order valence-electron chi connectivity index (χ3n) is 2.29. The Labute approximate surface area is 108 Å². The normalized spacial score (nSPS) is 10.1. The molecule has 0 spiro atoms. The van der Waals surface area contributed by atoms with Crippen LogP contribution in [-0.2, 0) is 0 Å². The van der Waals surface area contributed by atoms with Crippen LogP contribution in [0.3, 0.4) is 0 Å². The quantitative estimate of drug-likeness (QED) is 0.874. The lowest BCUT2D eigenvalue weighted by atomic mass is 10.2. The molecule has 5 heteroatoms. The molecule has 2 aromatic carbocycles. The van der Waals surface area contributed by atoms with Crippen molar-refractivity contribution in [3.8, 4) is 5.75 Å². The van der Waals surface area contributed by atoms with Gasteiger partial charge in [0.15, 0.2) is 0 Å². The van der Waals surface area contributed by atoms with Gasteiger partial charge in [-0.05, 0) is 36.4 Å². The number of nitrogens with one attached hydrogen (secondary N) is 1. The van der Waals surface area contributed by atoms with Crippen molar-refractivity contribution in [2.24, 2.45) is 0 Å². The van der Waals surface area contributed by atoms with Gasteiger partial charge < -0.3 is 10.4 Å². The SMILES string of the molecule is O=C(Nc1ccc(F)cc1Cl)c1cccc(O)c1. The molecule has 0 radical (unpaired) electrons. The van der Waals surface area contributed by atoms with Gasteiger partial charge in [0.05, 0.1) is 10.7 Å². The van der Waals surface area contributed by atoms with E-state index in [0.29, 0.717) is 5.69 Å². The fraction of sp³-hybridized carbons (Fsp3) is 0. The Balaban J connectivity index is 2.21. The molecular weight excluding hydrogens is 257 g/mol. The highest BCUT2D eigenvalue weighted by atomic mass is 35.5. The van der Waals surface area contributed by atoms with E-state index in [2.05, 4.69) is 5.32 Å². The highest BCUT2D eigenvalue weighted by molar-refractivity contribution is 6.33. The van der Waals surface area contributed by atoms with Crippen LogP contribution in [-0.4, -0.2) is 11.0 Å². The number of rotatable bonds is 2. The minimum atomic E-state index is -0.477. The fourth-order valence-electron chi connectivity index (χ4n) is 1.43. The van der Waals surface area contributed by atoms with Gasteiger partial charge in [-0.3, -0.25) is 4.79 Å². The second-order valence-electron chi connectivity index (χ2n) is 3.63. The Morgan fingerprint density at radius 1 is 1.22 bits per heavy atom. The van der Waals surface area contributed by atoms with Crippen LogP contribution < -0.4 is 5.32 Å². The third kappa shape index (κ3) is 2.78. The molecule has 0 bridgehead atoms. The Kier molecular flexibility index (Phi) is 3.48. The van der Waals surface area contributed by atoms with Crippen LogP contribution in [0.25, 0.3) is 0 Å². The summed E-state index contributed by atoms with van der Waals surface area (Å²) in [6.07, 6.45) is 0. The zero-order chi connectivity index (χ0) is 13.1. The lowest BCUT2D eigenvalue weighted by molar-refractivity contribution is 0.102. The maximum absolute atomic E-state index is 12.8. The zero-order valence-corrected chi connectivity index (χ0v) is 9.91. The van der Waals surface area contributed by atoms with Gasteiger partial charge in [0.2, 0.25) is 0 Å². The first-order valence-corrected chi connectivity index (χ1v) is 5.49. The van der Waals surface area contributed by atoms with Gasteiger partial charge in [-0.25, -0.2) is 4.39 Å². The van der Waals surface area contributed by atoms with Crippen LogP contribution >= 0.6 is 11.6 Å². The molecule has 0 aliphatic heterocycles. The van der Waals surface area contributed by atoms with Crippen LogP contribution in [0, 0.1) is 5.82 Å². The molecular formula is C13H9ClFNO2. The number of halogens is 2. The molecule has 0 unspecified atom stereocenters. The van der Waals surface area contributed by atoms with Crippen molar-refractivity contribution in [1.82, 2.24) is 0 Å². The van der Waals surface area contributed by atoms with E-state index in [0.717, 1.165) is 6.07 Å². The molecule has 0 saturated carbocycles. The predicted molar refractivity (Wildman–Crippen MR) is 67.5 cm³/mol. The van der Waals surface area contributed by atoms with Crippen molar-refractivity contribution in [3.63, 3.8) is 0 Å². The van der Waals surface area contributed by atoms with E-state index in [1.54, 1.807) is 12.1 Å². The number of hydrogen-bond acceptors (Lipinski definition) is 2. The van der Waals surface area contributed by atoms with Gasteiger partial charge in [-0.2, -0.15) is 0 Å². The molecule has 18 heavy (non-hydrogen) atoms. The molecule has 2 N–H and O–H groups in total. The number of amides is 1. The first kappa shape index (κ1) is 12.4. The smallest absolute Gasteiger partial charge is 0.255 e. The Bertz CT molecular complexity index is 601. The van der Waals surface area contributed by atoms with Gasteiger partial charge in [0, 0.05) is 5.56 Å². The number of carbonyl (C=O) groups is 1. The summed E-state index contributed by atoms with van der Waals surface area (Å²) < 4.78 is 12.8. The van der Waals surface area contributed by atoms with Crippen LogP contribution in [0.1, 0.15) is 10.4 Å². The Hall–Kier alpha value is -2.07. The number of phenols is 1. The van der Waals surface area contributed by atoms with E-state index < -0.39 is 11.7 Å². The molecule has 3 nitrogen and oxygen atoms in total. The van der Waals surface area contributed by atoms with Crippen LogP contribution in [0.5, 0.6) is 5.75 Å². The largest absolute Gasteiger partial charge is 0.508 e. The molecule has 0 aromatic heterocycles. The number of carbonyl (C=O) groups excluding carboxylic acids is 1. The average molecular weight is 266 g/mol. The summed E-state index contributed by atoms with van der Waals surface area (Å²) in [5.41, 5.74) is 0.599. The summed E-state index contributed by atoms with van der Waals surface area (Å²) in [7, 11) is 0. The van der Waals surface area contributed by atoms with Crippen molar-refractivity contribution in [2.45, 2.75) is 0 Å². The van der Waals surface area contributed by atoms with Crippen LogP contribution in [0.2, 0.25) is 5.02 Å². The minimum absolute atomic E-state index is 0.00662. The van der Waals surface area contributed by atoms with E-state index in [1.165, 1.54) is 24.3 Å². The maximum Gasteiger partial charge on any atom is 0.255 e. The summed E-state index contributed by atoms with van der Waals surface area (Å²) >= 11 is 5.79. The Morgan fingerprint density at radius 3 is 2.67 bits per heavy atom. The maximum atomic E-state index is 12.8. The Morgan fingerprint density at radius 2 is 2.00 bits per heavy atom. The molecule has 0 fully saturated rings. The summed E-state index contributed by atoms with van der Waals surface area (Å²) in [6, 6.07) is 9.57. The first-order chi connectivity index (χ1) is 8.56. The van der Waals surface area contributed by atoms with E-state index in [4.69, 9.17) is 11.6 Å². The highest BCUT2D eigenvalue weighted by Gasteiger charge is 2.09. The molecule has 0 aliphatic rings. The van der Waals surface area contributed by atoms with E-state index in [9.17, 15) is 14.3 Å². The van der Waals surface area contributed by atoms with Gasteiger partial charge in [0.1, 0.15) is 11.6 Å². The molecule has 1 amide bonds. The zero-order valence-electron chi connectivity index (χ0n) is 9.15. The van der Waals surface area contributed by atoms with Gasteiger partial charge in [-0.1, -0.05) is 17.7 Å². The summed E-state index contributed by atoms with van der Waals surface area (Å²) in [4.78, 5) is 11.8. The number of anilines is 1. The molecule has 2 rings (SSSR count). The molecule has 0 atom stereocenters. The molecule has 0 aliphatic carbocycles. The lowest BCUT2D eigenvalue weighted by Crippen LogP contribution is -2.12. The van der Waals surface area contributed by atoms with E-state index >= 15 is 0 Å². The summed E-state index contributed by atoms with van der Waals surface area (Å²) in [5, 5.41) is 11.9.